The number of hydrogen-bond donors (Lipinski definition) is 2. The minimum atomic E-state index is -0.312. The van der Waals surface area contributed by atoms with Crippen molar-refractivity contribution >= 4 is 40.7 Å². The first kappa shape index (κ1) is 27.6. The van der Waals surface area contributed by atoms with Crippen molar-refractivity contribution in [2.24, 2.45) is 0 Å². The number of nitrogens with one attached hydrogen (secondary N) is 2. The van der Waals surface area contributed by atoms with Gasteiger partial charge in [0, 0.05) is 56.7 Å². The van der Waals surface area contributed by atoms with Crippen molar-refractivity contribution in [3.8, 4) is 0 Å². The maximum absolute atomic E-state index is 13.5. The number of carbonyl (C=O) groups is 2. The first-order valence-corrected chi connectivity index (χ1v) is 14.3. The van der Waals surface area contributed by atoms with Crippen LogP contribution in [0.5, 0.6) is 0 Å². The molecule has 0 bridgehead atoms. The molecule has 0 spiro atoms. The standard InChI is InChI=1S/C30H35Cl2N5O2/c1-20-13-21(2)15-23(14-20)30(39)36-11-12-37(28(19-36)22-3-4-26(31)27(32)16-22)29(38)18-34-24-6-9-35(10-7-24)25-5-8-33-17-25/h3-5,8,13-17,24,28,33-34H,6-7,9-12,18-19H2,1-2H3/t28-/m0/s1. The van der Waals surface area contributed by atoms with Gasteiger partial charge in [0.05, 0.1) is 28.3 Å². The third kappa shape index (κ3) is 6.43. The molecule has 2 amide bonds. The Morgan fingerprint density at radius 2 is 1.69 bits per heavy atom. The van der Waals surface area contributed by atoms with Crippen LogP contribution in [0.1, 0.15) is 45.9 Å². The second-order valence-corrected chi connectivity index (χ2v) is 11.4. The number of anilines is 1. The Bertz CT molecular complexity index is 1300. The molecule has 5 rings (SSSR count). The fraction of sp³-hybridized carbons (Fsp3) is 0.400. The van der Waals surface area contributed by atoms with E-state index in [4.69, 9.17) is 23.2 Å². The molecule has 2 saturated heterocycles. The molecule has 0 radical (unpaired) electrons. The number of rotatable bonds is 6. The van der Waals surface area contributed by atoms with E-state index in [0.29, 0.717) is 41.3 Å². The van der Waals surface area contributed by atoms with Gasteiger partial charge < -0.3 is 25.0 Å². The van der Waals surface area contributed by atoms with Crippen LogP contribution in [0, 0.1) is 13.8 Å². The number of halogens is 2. The zero-order valence-electron chi connectivity index (χ0n) is 22.4. The summed E-state index contributed by atoms with van der Waals surface area (Å²) < 4.78 is 0. The number of carbonyl (C=O) groups excluding carboxylic acids is 2. The van der Waals surface area contributed by atoms with Gasteiger partial charge in [-0.1, -0.05) is 46.5 Å². The molecule has 2 aromatic carbocycles. The number of aromatic amines is 1. The summed E-state index contributed by atoms with van der Waals surface area (Å²) in [5.41, 5.74) is 4.86. The molecular weight excluding hydrogens is 533 g/mol. The molecule has 3 heterocycles. The van der Waals surface area contributed by atoms with Crippen molar-refractivity contribution in [2.45, 2.75) is 38.8 Å². The predicted molar refractivity (Wildman–Crippen MR) is 157 cm³/mol. The number of piperazine rings is 1. The summed E-state index contributed by atoms with van der Waals surface area (Å²) in [5, 5.41) is 4.40. The van der Waals surface area contributed by atoms with Crippen molar-refractivity contribution < 1.29 is 9.59 Å². The molecule has 1 aromatic heterocycles. The lowest BCUT2D eigenvalue weighted by molar-refractivity contribution is -0.135. The summed E-state index contributed by atoms with van der Waals surface area (Å²) in [5.74, 6) is 0.00361. The van der Waals surface area contributed by atoms with Crippen molar-refractivity contribution in [3.05, 3.63) is 87.2 Å². The van der Waals surface area contributed by atoms with Gasteiger partial charge in [-0.3, -0.25) is 9.59 Å². The molecule has 2 aliphatic heterocycles. The topological polar surface area (TPSA) is 71.7 Å². The van der Waals surface area contributed by atoms with Crippen LogP contribution >= 0.6 is 23.2 Å². The lowest BCUT2D eigenvalue weighted by Gasteiger charge is -2.42. The average molecular weight is 569 g/mol. The minimum absolute atomic E-state index is 0.0220. The molecule has 39 heavy (non-hydrogen) atoms. The lowest BCUT2D eigenvalue weighted by atomic mass is 10.00. The number of H-pyrrole nitrogens is 1. The molecule has 0 unspecified atom stereocenters. The van der Waals surface area contributed by atoms with E-state index in [9.17, 15) is 9.59 Å². The van der Waals surface area contributed by atoms with E-state index >= 15 is 0 Å². The Balaban J connectivity index is 1.27. The van der Waals surface area contributed by atoms with E-state index in [2.05, 4.69) is 27.3 Å². The highest BCUT2D eigenvalue weighted by Gasteiger charge is 2.34. The van der Waals surface area contributed by atoms with Crippen LogP contribution in [0.25, 0.3) is 0 Å². The maximum atomic E-state index is 13.5. The minimum Gasteiger partial charge on any atom is -0.370 e. The molecule has 2 fully saturated rings. The highest BCUT2D eigenvalue weighted by atomic mass is 35.5. The summed E-state index contributed by atoms with van der Waals surface area (Å²) in [4.78, 5) is 36.2. The normalized spacial score (nSPS) is 18.5. The summed E-state index contributed by atoms with van der Waals surface area (Å²) >= 11 is 12.6. The van der Waals surface area contributed by atoms with Crippen LogP contribution in [-0.2, 0) is 4.79 Å². The van der Waals surface area contributed by atoms with Crippen LogP contribution in [0.2, 0.25) is 10.0 Å². The Labute approximate surface area is 240 Å². The number of amides is 2. The summed E-state index contributed by atoms with van der Waals surface area (Å²) in [7, 11) is 0. The number of benzene rings is 2. The van der Waals surface area contributed by atoms with Crippen LogP contribution in [0.4, 0.5) is 5.69 Å². The van der Waals surface area contributed by atoms with Gasteiger partial charge in [0.25, 0.3) is 5.91 Å². The van der Waals surface area contributed by atoms with Crippen molar-refractivity contribution in [2.75, 3.05) is 44.2 Å². The van der Waals surface area contributed by atoms with Crippen LogP contribution in [-0.4, -0.2) is 71.9 Å². The van der Waals surface area contributed by atoms with E-state index in [1.807, 2.05) is 60.3 Å². The smallest absolute Gasteiger partial charge is 0.254 e. The zero-order chi connectivity index (χ0) is 27.5. The Morgan fingerprint density at radius 1 is 0.949 bits per heavy atom. The molecule has 0 aliphatic carbocycles. The van der Waals surface area contributed by atoms with E-state index in [1.54, 1.807) is 6.07 Å². The number of aryl methyl sites for hydroxylation is 2. The Morgan fingerprint density at radius 3 is 2.36 bits per heavy atom. The van der Waals surface area contributed by atoms with Gasteiger partial charge in [0.2, 0.25) is 5.91 Å². The second-order valence-electron chi connectivity index (χ2n) is 10.6. The molecule has 206 valence electrons. The third-order valence-electron chi connectivity index (χ3n) is 7.77. The Hall–Kier alpha value is -3.00. The van der Waals surface area contributed by atoms with Crippen molar-refractivity contribution in [1.29, 1.82) is 0 Å². The van der Waals surface area contributed by atoms with Gasteiger partial charge in [-0.2, -0.15) is 0 Å². The maximum Gasteiger partial charge on any atom is 0.254 e. The number of nitrogens with zero attached hydrogens (tertiary/aromatic N) is 3. The highest BCUT2D eigenvalue weighted by molar-refractivity contribution is 6.42. The Kier molecular flexibility index (Phi) is 8.50. The van der Waals surface area contributed by atoms with E-state index in [0.717, 1.165) is 42.6 Å². The molecule has 2 aliphatic rings. The number of hydrogen-bond acceptors (Lipinski definition) is 4. The van der Waals surface area contributed by atoms with Crippen LogP contribution < -0.4 is 10.2 Å². The van der Waals surface area contributed by atoms with Gasteiger partial charge in [0.1, 0.15) is 0 Å². The lowest BCUT2D eigenvalue weighted by Crippen LogP contribution is -2.54. The van der Waals surface area contributed by atoms with Gasteiger partial charge in [-0.15, -0.1) is 0 Å². The molecule has 1 atom stereocenters. The van der Waals surface area contributed by atoms with Crippen molar-refractivity contribution in [3.63, 3.8) is 0 Å². The molecule has 3 aromatic rings. The first-order chi connectivity index (χ1) is 18.8. The monoisotopic (exact) mass is 567 g/mol. The summed E-state index contributed by atoms with van der Waals surface area (Å²) in [6.45, 7) is 7.48. The van der Waals surface area contributed by atoms with Crippen molar-refractivity contribution in [1.82, 2.24) is 20.1 Å². The second kappa shape index (κ2) is 12.0. The summed E-state index contributed by atoms with van der Waals surface area (Å²) in [6.07, 6.45) is 5.92. The van der Waals surface area contributed by atoms with Gasteiger partial charge >= 0.3 is 0 Å². The molecule has 2 N–H and O–H groups in total. The quantitative estimate of drug-likeness (QED) is 0.428. The largest absolute Gasteiger partial charge is 0.370 e. The zero-order valence-corrected chi connectivity index (χ0v) is 23.9. The third-order valence-corrected chi connectivity index (χ3v) is 8.51. The van der Waals surface area contributed by atoms with E-state index in [1.165, 1.54) is 5.69 Å². The van der Waals surface area contributed by atoms with E-state index < -0.39 is 0 Å². The fourth-order valence-electron chi connectivity index (χ4n) is 5.74. The van der Waals surface area contributed by atoms with Gasteiger partial charge in [0.15, 0.2) is 0 Å². The van der Waals surface area contributed by atoms with Crippen LogP contribution in [0.15, 0.2) is 54.9 Å². The highest BCUT2D eigenvalue weighted by Crippen LogP contribution is 2.31. The first-order valence-electron chi connectivity index (χ1n) is 13.5. The number of piperidine rings is 1. The molecular formula is C30H35Cl2N5O2. The molecule has 0 saturated carbocycles. The SMILES string of the molecule is Cc1cc(C)cc(C(=O)N2CCN(C(=O)CNC3CCN(c4cc[nH]c4)CC3)[C@H](c3ccc(Cl)c(Cl)c3)C2)c1. The van der Waals surface area contributed by atoms with Gasteiger partial charge in [-0.25, -0.2) is 0 Å². The predicted octanol–water partition coefficient (Wildman–Crippen LogP) is 5.22. The molecule has 9 heteroatoms. The van der Waals surface area contributed by atoms with Gasteiger partial charge in [-0.05, 0) is 62.6 Å². The number of aromatic nitrogens is 1. The summed E-state index contributed by atoms with van der Waals surface area (Å²) in [6, 6.07) is 13.4. The van der Waals surface area contributed by atoms with Crippen LogP contribution in [0.3, 0.4) is 0 Å². The average Bonchev–Trinajstić information content (AvgIpc) is 3.47. The molecule has 7 nitrogen and oxygen atoms in total. The van der Waals surface area contributed by atoms with E-state index in [-0.39, 0.29) is 24.4 Å². The fourth-order valence-corrected chi connectivity index (χ4v) is 6.04.